The van der Waals surface area contributed by atoms with Gasteiger partial charge in [0, 0.05) is 0 Å². The molecule has 0 unspecified atom stereocenters. The van der Waals surface area contributed by atoms with E-state index in [2.05, 4.69) is 14.5 Å². The standard InChI is InChI=1S/C17H21N4O9P.2Li/c1-7-3-9-10(4-8(7)2)21(15-13(18-9)16(25)20-17(26)19-15)5-11(22)14(24)12(23)6-30-31(27,28)29;;/h3-4,11-12,14,22-24H,5-6H2,1-2H3,(H,20,25,26)(H2,27,28,29);;/q;2*+1/p-2/t11-,12+,14-;;/m0../s1. The Labute approximate surface area is 210 Å². The van der Waals surface area contributed by atoms with E-state index < -0.39 is 50.5 Å². The summed E-state index contributed by atoms with van der Waals surface area (Å²) in [6, 6.07) is 3.38. The van der Waals surface area contributed by atoms with Crippen molar-refractivity contribution in [2.24, 2.45) is 0 Å². The predicted octanol–water partition coefficient (Wildman–Crippen LogP) is -8.86. The first-order valence-electron chi connectivity index (χ1n) is 9.00. The zero-order valence-electron chi connectivity index (χ0n) is 18.4. The van der Waals surface area contributed by atoms with Crippen LogP contribution >= 0.6 is 7.82 Å². The Balaban J connectivity index is 0.00000272. The SMILES string of the molecule is Cc1cc2nc3c(=O)[nH]c(=O)nc-3n(C[C@H](O)[C@H](O)[C@H](O)COP(=O)([O-])[O-])c2cc1C.[Li+].[Li+]. The van der Waals surface area contributed by atoms with Crippen molar-refractivity contribution in [3.05, 3.63) is 44.1 Å². The van der Waals surface area contributed by atoms with Gasteiger partial charge in [-0.3, -0.25) is 9.78 Å². The second-order valence-electron chi connectivity index (χ2n) is 7.06. The second-order valence-corrected chi connectivity index (χ2v) is 8.21. The Morgan fingerprint density at radius 2 is 1.70 bits per heavy atom. The molecule has 2 aliphatic heterocycles. The molecule has 0 fully saturated rings. The molecule has 0 saturated carbocycles. The molecular weight excluding hydrogens is 449 g/mol. The Morgan fingerprint density at radius 3 is 2.30 bits per heavy atom. The van der Waals surface area contributed by atoms with Crippen LogP contribution in [-0.4, -0.2) is 59.8 Å². The maximum Gasteiger partial charge on any atom is 1.00 e. The predicted molar refractivity (Wildman–Crippen MR) is 102 cm³/mol. The van der Waals surface area contributed by atoms with Gasteiger partial charge in [-0.1, -0.05) is 0 Å². The monoisotopic (exact) mass is 468 g/mol. The fourth-order valence-electron chi connectivity index (χ4n) is 3.05. The van der Waals surface area contributed by atoms with E-state index in [1.807, 2.05) is 18.8 Å². The summed E-state index contributed by atoms with van der Waals surface area (Å²) in [5.74, 6) is -0.162. The number of phosphoric acid groups is 1. The minimum atomic E-state index is -5.39. The molecule has 13 nitrogen and oxygen atoms in total. The van der Waals surface area contributed by atoms with Gasteiger partial charge in [0.05, 0.1) is 32.0 Å². The van der Waals surface area contributed by atoms with Crippen LogP contribution < -0.4 is 58.8 Å². The number of nitrogens with zero attached hydrogens (tertiary/aromatic N) is 3. The molecule has 0 bridgehead atoms. The van der Waals surface area contributed by atoms with Crippen LogP contribution in [0.3, 0.4) is 0 Å². The number of benzene rings is 1. The summed E-state index contributed by atoms with van der Waals surface area (Å²) in [4.78, 5) is 55.1. The van der Waals surface area contributed by atoms with Crippen molar-refractivity contribution >= 4 is 18.9 Å². The number of aliphatic hydroxyl groups excluding tert-OH is 3. The van der Waals surface area contributed by atoms with E-state index in [-0.39, 0.29) is 49.2 Å². The zero-order chi connectivity index (χ0) is 23.1. The average Bonchev–Trinajstić information content (AvgIpc) is 2.67. The third kappa shape index (κ3) is 6.86. The van der Waals surface area contributed by atoms with E-state index in [9.17, 15) is 39.3 Å². The van der Waals surface area contributed by atoms with Crippen LogP contribution in [0.15, 0.2) is 21.7 Å². The van der Waals surface area contributed by atoms with Gasteiger partial charge in [0.2, 0.25) is 0 Å². The van der Waals surface area contributed by atoms with Gasteiger partial charge in [-0.05, 0) is 37.1 Å². The molecule has 4 N–H and O–H groups in total. The molecule has 0 aliphatic carbocycles. The minimum absolute atomic E-state index is 0. The molecule has 0 saturated heterocycles. The van der Waals surface area contributed by atoms with Crippen molar-refractivity contribution < 1.29 is 71.9 Å². The fraction of sp³-hybridized carbons (Fsp3) is 0.412. The third-order valence-electron chi connectivity index (χ3n) is 4.79. The quantitative estimate of drug-likeness (QED) is 0.145. The minimum Gasteiger partial charge on any atom is -0.790 e. The molecule has 3 atom stereocenters. The summed E-state index contributed by atoms with van der Waals surface area (Å²) >= 11 is 0. The van der Waals surface area contributed by atoms with Gasteiger partial charge in [-0.25, -0.2) is 9.78 Å². The summed E-state index contributed by atoms with van der Waals surface area (Å²) in [6.45, 7) is 2.11. The summed E-state index contributed by atoms with van der Waals surface area (Å²) in [6.07, 6.45) is -5.58. The molecule has 0 spiro atoms. The number of aromatic amines is 1. The van der Waals surface area contributed by atoms with E-state index in [0.717, 1.165) is 11.1 Å². The Bertz CT molecular complexity index is 1260. The molecule has 2 heterocycles. The normalized spacial score (nSPS) is 14.4. The molecule has 33 heavy (non-hydrogen) atoms. The van der Waals surface area contributed by atoms with Crippen LogP contribution in [0.4, 0.5) is 0 Å². The van der Waals surface area contributed by atoms with Crippen molar-refractivity contribution in [3.8, 4) is 11.5 Å². The number of phosphoric ester groups is 1. The van der Waals surface area contributed by atoms with Crippen LogP contribution in [-0.2, 0) is 15.6 Å². The molecule has 16 heteroatoms. The number of rotatable bonds is 7. The van der Waals surface area contributed by atoms with Crippen molar-refractivity contribution in [1.29, 1.82) is 0 Å². The molecule has 3 rings (SSSR count). The first kappa shape index (κ1) is 29.7. The van der Waals surface area contributed by atoms with Gasteiger partial charge < -0.3 is 38.8 Å². The fourth-order valence-corrected chi connectivity index (χ4v) is 3.39. The topological polar surface area (TPSA) is 214 Å². The van der Waals surface area contributed by atoms with Crippen molar-refractivity contribution in [2.45, 2.75) is 38.7 Å². The summed E-state index contributed by atoms with van der Waals surface area (Å²) in [5, 5.41) is 30.4. The maximum atomic E-state index is 12.2. The Kier molecular flexibility index (Phi) is 10.3. The summed E-state index contributed by atoms with van der Waals surface area (Å²) in [5.41, 5.74) is 0.512. The van der Waals surface area contributed by atoms with E-state index in [1.165, 1.54) is 4.57 Å². The zero-order valence-corrected chi connectivity index (χ0v) is 19.3. The number of nitrogens with one attached hydrogen (secondary N) is 1. The average molecular weight is 468 g/mol. The van der Waals surface area contributed by atoms with Gasteiger partial charge >= 0.3 is 43.4 Å². The first-order chi connectivity index (χ1) is 14.4. The number of aliphatic hydroxyl groups is 3. The van der Waals surface area contributed by atoms with E-state index >= 15 is 0 Å². The number of aromatic nitrogens is 4. The van der Waals surface area contributed by atoms with E-state index in [4.69, 9.17) is 0 Å². The number of hydrogen-bond acceptors (Lipinski definition) is 11. The van der Waals surface area contributed by atoms with Crippen molar-refractivity contribution in [2.75, 3.05) is 6.61 Å². The van der Waals surface area contributed by atoms with Crippen LogP contribution in [0.1, 0.15) is 11.1 Å². The summed E-state index contributed by atoms with van der Waals surface area (Å²) < 4.78 is 15.8. The molecule has 2 aliphatic rings. The molecule has 0 radical (unpaired) electrons. The first-order valence-corrected chi connectivity index (χ1v) is 10.5. The van der Waals surface area contributed by atoms with Crippen LogP contribution in [0, 0.1) is 13.8 Å². The molecule has 168 valence electrons. The largest absolute Gasteiger partial charge is 1.00 e. The smallest absolute Gasteiger partial charge is 0.790 e. The Morgan fingerprint density at radius 1 is 1.09 bits per heavy atom. The van der Waals surface area contributed by atoms with E-state index in [1.54, 1.807) is 12.1 Å². The van der Waals surface area contributed by atoms with Crippen molar-refractivity contribution in [1.82, 2.24) is 19.5 Å². The third-order valence-corrected chi connectivity index (χ3v) is 5.25. The van der Waals surface area contributed by atoms with Gasteiger partial charge in [0.25, 0.3) is 5.56 Å². The van der Waals surface area contributed by atoms with Crippen molar-refractivity contribution in [3.63, 3.8) is 0 Å². The molecule has 1 aromatic carbocycles. The number of hydrogen-bond donors (Lipinski definition) is 4. The van der Waals surface area contributed by atoms with Crippen LogP contribution in [0.25, 0.3) is 22.6 Å². The second kappa shape index (κ2) is 11.4. The van der Waals surface area contributed by atoms with Gasteiger partial charge in [0.15, 0.2) is 11.5 Å². The van der Waals surface area contributed by atoms with E-state index in [0.29, 0.717) is 11.0 Å². The molecular formula is C17H19Li2N4O9P. The number of aryl methyl sites for hydroxylation is 2. The molecule has 1 aromatic rings. The van der Waals surface area contributed by atoms with Crippen LogP contribution in [0.5, 0.6) is 0 Å². The number of H-pyrrole nitrogens is 1. The number of fused-ring (bicyclic) bond motifs is 2. The van der Waals surface area contributed by atoms with Gasteiger partial charge in [0.1, 0.15) is 18.3 Å². The van der Waals surface area contributed by atoms with Gasteiger partial charge in [-0.15, -0.1) is 0 Å². The molecule has 0 amide bonds. The summed E-state index contributed by atoms with van der Waals surface area (Å²) in [7, 11) is -5.39. The van der Waals surface area contributed by atoms with Crippen LogP contribution in [0.2, 0.25) is 0 Å². The van der Waals surface area contributed by atoms with Gasteiger partial charge in [-0.2, -0.15) is 4.98 Å². The maximum absolute atomic E-state index is 12.2. The Hall–Kier alpha value is -1.32. The molecule has 0 aromatic heterocycles.